The molecule has 0 aliphatic rings. The van der Waals surface area contributed by atoms with Crippen LogP contribution in [-0.4, -0.2) is 16.1 Å². The molecule has 0 aliphatic carbocycles. The number of nitrogens with zero attached hydrogens (tertiary/aromatic N) is 2. The number of amides is 1. The summed E-state index contributed by atoms with van der Waals surface area (Å²) < 4.78 is 38.2. The van der Waals surface area contributed by atoms with Crippen molar-refractivity contribution in [3.63, 3.8) is 0 Å². The van der Waals surface area contributed by atoms with E-state index in [0.29, 0.717) is 15.2 Å². The van der Waals surface area contributed by atoms with E-state index in [2.05, 4.69) is 15.5 Å². The van der Waals surface area contributed by atoms with E-state index in [0.717, 1.165) is 30.5 Å². The van der Waals surface area contributed by atoms with Crippen LogP contribution in [-0.2, 0) is 16.7 Å². The highest BCUT2D eigenvalue weighted by Crippen LogP contribution is 2.31. The molecule has 0 unspecified atom stereocenters. The van der Waals surface area contributed by atoms with Gasteiger partial charge in [0.15, 0.2) is 4.34 Å². The summed E-state index contributed by atoms with van der Waals surface area (Å²) in [6, 6.07) is 5.04. The minimum absolute atomic E-state index is 0.0489. The molecule has 25 heavy (non-hydrogen) atoms. The van der Waals surface area contributed by atoms with Crippen molar-refractivity contribution in [1.82, 2.24) is 10.2 Å². The molecule has 136 valence electrons. The largest absolute Gasteiger partial charge is 0.416 e. The van der Waals surface area contributed by atoms with Crippen LogP contribution in [0, 0.1) is 5.92 Å². The molecular formula is C16H18F3N3OS2. The molecule has 2 aromatic rings. The quantitative estimate of drug-likeness (QED) is 0.521. The van der Waals surface area contributed by atoms with Crippen molar-refractivity contribution >= 4 is 34.1 Å². The number of alkyl halides is 3. The fourth-order valence-electron chi connectivity index (χ4n) is 2.12. The first-order valence-electron chi connectivity index (χ1n) is 7.76. The number of carbonyl (C=O) groups is 1. The topological polar surface area (TPSA) is 54.9 Å². The van der Waals surface area contributed by atoms with Gasteiger partial charge in [0, 0.05) is 11.7 Å². The van der Waals surface area contributed by atoms with Gasteiger partial charge in [0.2, 0.25) is 11.0 Å². The van der Waals surface area contributed by atoms with E-state index < -0.39 is 11.7 Å². The monoisotopic (exact) mass is 389 g/mol. The summed E-state index contributed by atoms with van der Waals surface area (Å²) in [7, 11) is 0. The molecule has 0 saturated heterocycles. The summed E-state index contributed by atoms with van der Waals surface area (Å²) in [4.78, 5) is 12.0. The van der Waals surface area contributed by atoms with Gasteiger partial charge in [-0.1, -0.05) is 49.1 Å². The highest BCUT2D eigenvalue weighted by Gasteiger charge is 2.29. The van der Waals surface area contributed by atoms with Crippen LogP contribution in [0.4, 0.5) is 18.3 Å². The van der Waals surface area contributed by atoms with Crippen molar-refractivity contribution in [2.75, 3.05) is 5.32 Å². The van der Waals surface area contributed by atoms with E-state index in [4.69, 9.17) is 0 Å². The van der Waals surface area contributed by atoms with Crippen molar-refractivity contribution < 1.29 is 18.0 Å². The molecule has 4 nitrogen and oxygen atoms in total. The predicted molar refractivity (Wildman–Crippen MR) is 93.6 cm³/mol. The Bertz CT molecular complexity index is 697. The normalized spacial score (nSPS) is 11.8. The Morgan fingerprint density at radius 1 is 1.20 bits per heavy atom. The maximum Gasteiger partial charge on any atom is 0.416 e. The SMILES string of the molecule is CCC(CC)C(=O)Nc1nnc(SCc2ccc(C(F)(F)F)cc2)s1. The lowest BCUT2D eigenvalue weighted by atomic mass is 10.0. The zero-order chi connectivity index (χ0) is 18.4. The predicted octanol–water partition coefficient (Wildman–Crippen LogP) is 5.22. The number of halogens is 3. The average molecular weight is 389 g/mol. The average Bonchev–Trinajstić information content (AvgIpc) is 3.01. The minimum atomic E-state index is -4.33. The molecule has 2 rings (SSSR count). The van der Waals surface area contributed by atoms with Crippen molar-refractivity contribution in [3.05, 3.63) is 35.4 Å². The van der Waals surface area contributed by atoms with Crippen molar-refractivity contribution in [1.29, 1.82) is 0 Å². The number of benzene rings is 1. The van der Waals surface area contributed by atoms with E-state index in [9.17, 15) is 18.0 Å². The Morgan fingerprint density at radius 2 is 1.84 bits per heavy atom. The Labute approximate surface area is 152 Å². The first kappa shape index (κ1) is 19.7. The zero-order valence-corrected chi connectivity index (χ0v) is 15.4. The summed E-state index contributed by atoms with van der Waals surface area (Å²) in [5.74, 6) is 0.361. The lowest BCUT2D eigenvalue weighted by molar-refractivity contribution is -0.137. The third-order valence-electron chi connectivity index (χ3n) is 3.64. The van der Waals surface area contributed by atoms with Gasteiger partial charge in [-0.25, -0.2) is 0 Å². The van der Waals surface area contributed by atoms with Crippen molar-refractivity contribution in [2.24, 2.45) is 5.92 Å². The van der Waals surface area contributed by atoms with Gasteiger partial charge in [-0.2, -0.15) is 13.2 Å². The molecule has 0 saturated carbocycles. The lowest BCUT2D eigenvalue weighted by Crippen LogP contribution is -2.21. The van der Waals surface area contributed by atoms with Gasteiger partial charge in [-0.15, -0.1) is 10.2 Å². The summed E-state index contributed by atoms with van der Waals surface area (Å²) in [6.07, 6.45) is -2.81. The summed E-state index contributed by atoms with van der Waals surface area (Å²) in [5.41, 5.74) is 0.0967. The van der Waals surface area contributed by atoms with Crippen LogP contribution in [0.5, 0.6) is 0 Å². The molecule has 0 radical (unpaired) electrons. The van der Waals surface area contributed by atoms with Gasteiger partial charge in [0.1, 0.15) is 0 Å². The van der Waals surface area contributed by atoms with E-state index in [1.54, 1.807) is 0 Å². The highest BCUT2D eigenvalue weighted by molar-refractivity contribution is 8.00. The Balaban J connectivity index is 1.90. The zero-order valence-electron chi connectivity index (χ0n) is 13.8. The third-order valence-corrected chi connectivity index (χ3v) is 5.68. The Morgan fingerprint density at radius 3 is 2.40 bits per heavy atom. The van der Waals surface area contributed by atoms with Crippen LogP contribution >= 0.6 is 23.1 Å². The van der Waals surface area contributed by atoms with Gasteiger partial charge in [-0.3, -0.25) is 4.79 Å². The maximum absolute atomic E-state index is 12.5. The number of hydrogen-bond donors (Lipinski definition) is 1. The van der Waals surface area contributed by atoms with Crippen LogP contribution < -0.4 is 5.32 Å². The van der Waals surface area contributed by atoms with Crippen LogP contribution in [0.2, 0.25) is 0 Å². The molecule has 1 aromatic carbocycles. The number of carbonyl (C=O) groups excluding carboxylic acids is 1. The minimum Gasteiger partial charge on any atom is -0.300 e. The molecule has 1 aromatic heterocycles. The van der Waals surface area contributed by atoms with Crippen molar-refractivity contribution in [3.8, 4) is 0 Å². The second kappa shape index (κ2) is 8.66. The first-order chi connectivity index (χ1) is 11.8. The van der Waals surface area contributed by atoms with Crippen LogP contribution in [0.1, 0.15) is 37.8 Å². The summed E-state index contributed by atoms with van der Waals surface area (Å²) >= 11 is 2.62. The van der Waals surface area contributed by atoms with Crippen LogP contribution in [0.15, 0.2) is 28.6 Å². The number of thioether (sulfide) groups is 1. The number of nitrogens with one attached hydrogen (secondary N) is 1. The smallest absolute Gasteiger partial charge is 0.300 e. The fraction of sp³-hybridized carbons (Fsp3) is 0.438. The molecule has 1 N–H and O–H groups in total. The van der Waals surface area contributed by atoms with Gasteiger partial charge in [0.25, 0.3) is 0 Å². The van der Waals surface area contributed by atoms with Gasteiger partial charge in [-0.05, 0) is 30.5 Å². The molecular weight excluding hydrogens is 371 g/mol. The lowest BCUT2D eigenvalue weighted by Gasteiger charge is -2.09. The van der Waals surface area contributed by atoms with E-state index in [1.807, 2.05) is 13.8 Å². The second-order valence-electron chi connectivity index (χ2n) is 5.36. The number of hydrogen-bond acceptors (Lipinski definition) is 5. The molecule has 0 fully saturated rings. The van der Waals surface area contributed by atoms with E-state index >= 15 is 0 Å². The summed E-state index contributed by atoms with van der Waals surface area (Å²) in [6.45, 7) is 3.92. The number of anilines is 1. The standard InChI is InChI=1S/C16H18F3N3OS2/c1-3-11(4-2)13(23)20-14-21-22-15(25-14)24-9-10-5-7-12(8-6-10)16(17,18)19/h5-8,11H,3-4,9H2,1-2H3,(H,20,21,23). The fourth-order valence-corrected chi connectivity index (χ4v) is 3.83. The molecule has 0 atom stereocenters. The second-order valence-corrected chi connectivity index (χ2v) is 7.56. The molecule has 0 bridgehead atoms. The Hall–Kier alpha value is -1.61. The van der Waals surface area contributed by atoms with Gasteiger partial charge in [0.05, 0.1) is 5.56 Å². The van der Waals surface area contributed by atoms with Crippen LogP contribution in [0.25, 0.3) is 0 Å². The molecule has 0 spiro atoms. The number of aromatic nitrogens is 2. The van der Waals surface area contributed by atoms with E-state index in [1.165, 1.54) is 35.2 Å². The maximum atomic E-state index is 12.5. The highest BCUT2D eigenvalue weighted by atomic mass is 32.2. The van der Waals surface area contributed by atoms with Crippen LogP contribution in [0.3, 0.4) is 0 Å². The third kappa shape index (κ3) is 5.71. The molecule has 9 heteroatoms. The van der Waals surface area contributed by atoms with Crippen molar-refractivity contribution in [2.45, 2.75) is 43.0 Å². The number of rotatable bonds is 7. The first-order valence-corrected chi connectivity index (χ1v) is 9.57. The molecule has 0 aliphatic heterocycles. The Kier molecular flexibility index (Phi) is 6.83. The van der Waals surface area contributed by atoms with Gasteiger partial charge >= 0.3 is 6.18 Å². The molecule has 1 amide bonds. The van der Waals surface area contributed by atoms with E-state index in [-0.39, 0.29) is 11.8 Å². The summed E-state index contributed by atoms with van der Waals surface area (Å²) in [5, 5.41) is 11.1. The molecule has 1 heterocycles. The van der Waals surface area contributed by atoms with Gasteiger partial charge < -0.3 is 5.32 Å².